The first-order valence-corrected chi connectivity index (χ1v) is 8.93. The highest BCUT2D eigenvalue weighted by molar-refractivity contribution is 6.30. The van der Waals surface area contributed by atoms with E-state index in [1.165, 1.54) is 36.7 Å². The zero-order valence-electron chi connectivity index (χ0n) is 14.7. The van der Waals surface area contributed by atoms with Gasteiger partial charge in [0.15, 0.2) is 0 Å². The summed E-state index contributed by atoms with van der Waals surface area (Å²) in [5.74, 6) is 1.69. The number of hydrogen-bond acceptors (Lipinski definition) is 4. The van der Waals surface area contributed by atoms with Crippen LogP contribution in [-0.2, 0) is 6.42 Å². The lowest BCUT2D eigenvalue weighted by atomic mass is 10.0. The minimum absolute atomic E-state index is 0.475. The van der Waals surface area contributed by atoms with Gasteiger partial charge in [0.1, 0.15) is 29.7 Å². The number of benzene rings is 1. The number of nitrogens with one attached hydrogen (secondary N) is 1. The molecule has 0 bridgehead atoms. The fourth-order valence-electron chi connectivity index (χ4n) is 2.55. The molecule has 1 aromatic carbocycles. The Hall–Kier alpha value is -1.81. The van der Waals surface area contributed by atoms with Crippen molar-refractivity contribution in [2.24, 2.45) is 0 Å². The van der Waals surface area contributed by atoms with Crippen LogP contribution in [0.3, 0.4) is 0 Å². The van der Waals surface area contributed by atoms with Crippen LogP contribution >= 0.6 is 11.6 Å². The van der Waals surface area contributed by atoms with Gasteiger partial charge in [0.2, 0.25) is 0 Å². The Morgan fingerprint density at radius 1 is 1.17 bits per heavy atom. The average Bonchev–Trinajstić information content (AvgIpc) is 2.57. The van der Waals surface area contributed by atoms with E-state index in [2.05, 4.69) is 47.3 Å². The second-order valence-corrected chi connectivity index (χ2v) is 6.33. The molecule has 24 heavy (non-hydrogen) atoms. The molecule has 2 rings (SSSR count). The molecule has 0 radical (unpaired) electrons. The van der Waals surface area contributed by atoms with Crippen molar-refractivity contribution in [1.82, 2.24) is 9.97 Å². The molecule has 0 amide bonds. The van der Waals surface area contributed by atoms with E-state index < -0.39 is 0 Å². The van der Waals surface area contributed by atoms with Gasteiger partial charge in [-0.15, -0.1) is 0 Å². The first kappa shape index (κ1) is 18.5. The Balaban J connectivity index is 1.80. The quantitative estimate of drug-likeness (QED) is 0.514. The molecular formula is C19H26ClN3O. The van der Waals surface area contributed by atoms with E-state index >= 15 is 0 Å². The molecule has 0 unspecified atom stereocenters. The molecule has 1 heterocycles. The van der Waals surface area contributed by atoms with Crippen LogP contribution in [0.15, 0.2) is 24.5 Å². The third kappa shape index (κ3) is 5.38. The summed E-state index contributed by atoms with van der Waals surface area (Å²) in [6, 6.07) is 6.47. The number of anilines is 1. The van der Waals surface area contributed by atoms with Gasteiger partial charge in [-0.3, -0.25) is 0 Å². The number of aromatic nitrogens is 2. The molecule has 1 aromatic heterocycles. The molecule has 0 fully saturated rings. The normalized spacial score (nSPS) is 10.7. The first-order valence-electron chi connectivity index (χ1n) is 8.55. The highest BCUT2D eigenvalue weighted by atomic mass is 35.5. The zero-order valence-corrected chi connectivity index (χ0v) is 15.5. The maximum atomic E-state index is 5.98. The Bertz CT molecular complexity index is 661. The summed E-state index contributed by atoms with van der Waals surface area (Å²) in [4.78, 5) is 8.13. The summed E-state index contributed by atoms with van der Waals surface area (Å²) in [6.07, 6.45) is 6.39. The lowest BCUT2D eigenvalue weighted by molar-refractivity contribution is 0.330. The number of aryl methyl sites for hydroxylation is 2. The summed E-state index contributed by atoms with van der Waals surface area (Å²) in [5.41, 5.74) is 3.43. The third-order valence-corrected chi connectivity index (χ3v) is 4.36. The Morgan fingerprint density at radius 3 is 2.75 bits per heavy atom. The topological polar surface area (TPSA) is 47.0 Å². The highest BCUT2D eigenvalue weighted by Gasteiger charge is 2.05. The van der Waals surface area contributed by atoms with E-state index in [4.69, 9.17) is 16.3 Å². The molecule has 130 valence electrons. The fraction of sp³-hybridized carbons (Fsp3) is 0.474. The van der Waals surface area contributed by atoms with Crippen LogP contribution in [-0.4, -0.2) is 23.1 Å². The van der Waals surface area contributed by atoms with E-state index in [0.29, 0.717) is 18.3 Å². The van der Waals surface area contributed by atoms with E-state index in [9.17, 15) is 0 Å². The van der Waals surface area contributed by atoms with Crippen LogP contribution in [0.1, 0.15) is 42.9 Å². The molecule has 1 N–H and O–H groups in total. The van der Waals surface area contributed by atoms with Gasteiger partial charge in [-0.2, -0.15) is 0 Å². The second kappa shape index (κ2) is 9.48. The van der Waals surface area contributed by atoms with E-state index in [0.717, 1.165) is 23.6 Å². The molecule has 4 nitrogen and oxygen atoms in total. The monoisotopic (exact) mass is 347 g/mol. The lowest BCUT2D eigenvalue weighted by Gasteiger charge is -2.12. The van der Waals surface area contributed by atoms with Gasteiger partial charge in [-0.1, -0.05) is 43.5 Å². The number of nitrogens with zero attached hydrogens (tertiary/aromatic N) is 2. The van der Waals surface area contributed by atoms with E-state index in [1.54, 1.807) is 0 Å². The molecule has 0 aliphatic carbocycles. The molecule has 0 spiro atoms. The van der Waals surface area contributed by atoms with Gasteiger partial charge >= 0.3 is 0 Å². The zero-order chi connectivity index (χ0) is 17.4. The summed E-state index contributed by atoms with van der Waals surface area (Å²) < 4.78 is 5.87. The minimum Gasteiger partial charge on any atom is -0.491 e. The number of ether oxygens (including phenoxy) is 1. The van der Waals surface area contributed by atoms with Crippen molar-refractivity contribution in [3.05, 3.63) is 46.4 Å². The maximum absolute atomic E-state index is 5.98. The molecule has 5 heteroatoms. The van der Waals surface area contributed by atoms with E-state index in [-0.39, 0.29) is 0 Å². The number of unbranched alkanes of at least 4 members (excludes halogenated alkanes) is 2. The van der Waals surface area contributed by atoms with Gasteiger partial charge in [-0.25, -0.2) is 9.97 Å². The van der Waals surface area contributed by atoms with Crippen LogP contribution in [0.5, 0.6) is 5.75 Å². The predicted octanol–water partition coefficient (Wildman–Crippen LogP) is 4.97. The number of halogens is 1. The van der Waals surface area contributed by atoms with Gasteiger partial charge in [-0.05, 0) is 43.9 Å². The van der Waals surface area contributed by atoms with Crippen molar-refractivity contribution >= 4 is 17.4 Å². The average molecular weight is 348 g/mol. The highest BCUT2D eigenvalue weighted by Crippen LogP contribution is 2.21. The van der Waals surface area contributed by atoms with Crippen LogP contribution in [0.2, 0.25) is 5.15 Å². The Kier molecular flexibility index (Phi) is 7.32. The Morgan fingerprint density at radius 2 is 2.00 bits per heavy atom. The largest absolute Gasteiger partial charge is 0.491 e. The standard InChI is InChI=1S/C19H26ClN3O/c1-4-5-6-7-16-8-9-17(14(2)12-16)24-11-10-21-19-15(3)18(20)22-13-23-19/h8-9,12-13H,4-7,10-11H2,1-3H3,(H,21,22,23). The first-order chi connectivity index (χ1) is 11.6. The second-order valence-electron chi connectivity index (χ2n) is 5.97. The van der Waals surface area contributed by atoms with Crippen molar-refractivity contribution in [2.45, 2.75) is 46.5 Å². The fourth-order valence-corrected chi connectivity index (χ4v) is 2.68. The summed E-state index contributed by atoms with van der Waals surface area (Å²) in [5, 5.41) is 3.70. The molecule has 0 aliphatic rings. The summed E-state index contributed by atoms with van der Waals surface area (Å²) >= 11 is 5.98. The van der Waals surface area contributed by atoms with Crippen LogP contribution in [0, 0.1) is 13.8 Å². The van der Waals surface area contributed by atoms with Crippen molar-refractivity contribution in [3.63, 3.8) is 0 Å². The van der Waals surface area contributed by atoms with E-state index in [1.807, 2.05) is 6.92 Å². The molecule has 0 saturated carbocycles. The van der Waals surface area contributed by atoms with Gasteiger partial charge in [0.05, 0.1) is 6.54 Å². The SMILES string of the molecule is CCCCCc1ccc(OCCNc2ncnc(Cl)c2C)c(C)c1. The molecular weight excluding hydrogens is 322 g/mol. The molecule has 0 atom stereocenters. The Labute approximate surface area is 149 Å². The molecule has 0 saturated heterocycles. The smallest absolute Gasteiger partial charge is 0.137 e. The van der Waals surface area contributed by atoms with Crippen molar-refractivity contribution in [3.8, 4) is 5.75 Å². The van der Waals surface area contributed by atoms with Gasteiger partial charge in [0, 0.05) is 5.56 Å². The van der Waals surface area contributed by atoms with Crippen LogP contribution in [0.4, 0.5) is 5.82 Å². The molecule has 2 aromatic rings. The lowest BCUT2D eigenvalue weighted by Crippen LogP contribution is -2.13. The van der Waals surface area contributed by atoms with Gasteiger partial charge in [0.25, 0.3) is 0 Å². The third-order valence-electron chi connectivity index (χ3n) is 3.98. The van der Waals surface area contributed by atoms with Crippen molar-refractivity contribution in [2.75, 3.05) is 18.5 Å². The van der Waals surface area contributed by atoms with Crippen LogP contribution < -0.4 is 10.1 Å². The van der Waals surface area contributed by atoms with Crippen molar-refractivity contribution < 1.29 is 4.74 Å². The van der Waals surface area contributed by atoms with Gasteiger partial charge < -0.3 is 10.1 Å². The predicted molar refractivity (Wildman–Crippen MR) is 100 cm³/mol. The van der Waals surface area contributed by atoms with Crippen molar-refractivity contribution in [1.29, 1.82) is 0 Å². The molecule has 0 aliphatic heterocycles. The maximum Gasteiger partial charge on any atom is 0.137 e. The summed E-state index contributed by atoms with van der Waals surface area (Å²) in [7, 11) is 0. The van der Waals surface area contributed by atoms with Crippen LogP contribution in [0.25, 0.3) is 0 Å². The number of hydrogen-bond donors (Lipinski definition) is 1. The number of rotatable bonds is 9. The minimum atomic E-state index is 0.475. The summed E-state index contributed by atoms with van der Waals surface area (Å²) in [6.45, 7) is 7.45.